The first kappa shape index (κ1) is 13.3. The molecule has 2 unspecified atom stereocenters. The third-order valence-corrected chi connectivity index (χ3v) is 3.92. The van der Waals surface area contributed by atoms with Crippen LogP contribution in [0.3, 0.4) is 0 Å². The minimum Gasteiger partial charge on any atom is -0.381 e. The fraction of sp³-hybridized carbons (Fsp3) is 1.00. The van der Waals surface area contributed by atoms with Crippen molar-refractivity contribution in [1.29, 1.82) is 0 Å². The molecule has 90 valence electrons. The van der Waals surface area contributed by atoms with E-state index in [2.05, 4.69) is 25.4 Å². The van der Waals surface area contributed by atoms with Gasteiger partial charge < -0.3 is 10.1 Å². The van der Waals surface area contributed by atoms with Crippen LogP contribution in [0.5, 0.6) is 0 Å². The van der Waals surface area contributed by atoms with Crippen molar-refractivity contribution in [1.82, 2.24) is 5.32 Å². The van der Waals surface area contributed by atoms with Crippen molar-refractivity contribution in [2.24, 2.45) is 5.92 Å². The normalized spacial score (nSPS) is 22.6. The van der Waals surface area contributed by atoms with Crippen molar-refractivity contribution >= 4 is 11.8 Å². The molecule has 0 bridgehead atoms. The van der Waals surface area contributed by atoms with E-state index in [0.717, 1.165) is 19.1 Å². The summed E-state index contributed by atoms with van der Waals surface area (Å²) < 4.78 is 5.39. The lowest BCUT2D eigenvalue weighted by Gasteiger charge is -2.30. The highest BCUT2D eigenvalue weighted by atomic mass is 32.2. The van der Waals surface area contributed by atoms with E-state index in [1.165, 1.54) is 25.0 Å². The van der Waals surface area contributed by atoms with Crippen molar-refractivity contribution in [3.63, 3.8) is 0 Å². The Hall–Kier alpha value is 0.270. The topological polar surface area (TPSA) is 21.3 Å². The Morgan fingerprint density at radius 2 is 2.00 bits per heavy atom. The molecule has 0 aromatic carbocycles. The van der Waals surface area contributed by atoms with Crippen molar-refractivity contribution < 1.29 is 4.74 Å². The zero-order chi connectivity index (χ0) is 11.1. The largest absolute Gasteiger partial charge is 0.381 e. The lowest BCUT2D eigenvalue weighted by Crippen LogP contribution is -2.41. The Morgan fingerprint density at radius 1 is 1.33 bits per heavy atom. The second-order valence-electron chi connectivity index (χ2n) is 4.59. The Labute approximate surface area is 98.5 Å². The summed E-state index contributed by atoms with van der Waals surface area (Å²) in [5.41, 5.74) is 0. The van der Waals surface area contributed by atoms with Gasteiger partial charge in [0.1, 0.15) is 0 Å². The van der Waals surface area contributed by atoms with Gasteiger partial charge in [0.2, 0.25) is 0 Å². The van der Waals surface area contributed by atoms with Crippen LogP contribution in [0.1, 0.15) is 33.1 Å². The first-order chi connectivity index (χ1) is 7.24. The molecule has 0 saturated carbocycles. The second-order valence-corrected chi connectivity index (χ2v) is 5.57. The summed E-state index contributed by atoms with van der Waals surface area (Å²) in [4.78, 5) is 0. The van der Waals surface area contributed by atoms with E-state index in [0.29, 0.717) is 12.1 Å². The lowest BCUT2D eigenvalue weighted by molar-refractivity contribution is 0.0546. The van der Waals surface area contributed by atoms with E-state index in [4.69, 9.17) is 4.74 Å². The molecule has 15 heavy (non-hydrogen) atoms. The summed E-state index contributed by atoms with van der Waals surface area (Å²) in [7, 11) is 0. The predicted octanol–water partition coefficient (Wildman–Crippen LogP) is 2.53. The summed E-state index contributed by atoms with van der Waals surface area (Å²) in [5, 5.41) is 3.72. The number of rotatable bonds is 6. The summed E-state index contributed by atoms with van der Waals surface area (Å²) in [6, 6.07) is 1.29. The Morgan fingerprint density at radius 3 is 2.60 bits per heavy atom. The molecule has 0 spiro atoms. The van der Waals surface area contributed by atoms with Crippen molar-refractivity contribution in [3.05, 3.63) is 0 Å². The molecule has 1 heterocycles. The smallest absolute Gasteiger partial charge is 0.0469 e. The predicted molar refractivity (Wildman–Crippen MR) is 68.6 cm³/mol. The molecule has 1 saturated heterocycles. The van der Waals surface area contributed by atoms with Gasteiger partial charge in [0.05, 0.1) is 0 Å². The van der Waals surface area contributed by atoms with Gasteiger partial charge in [0.15, 0.2) is 0 Å². The van der Waals surface area contributed by atoms with Crippen molar-refractivity contribution in [2.75, 3.05) is 25.2 Å². The van der Waals surface area contributed by atoms with Crippen LogP contribution in [0, 0.1) is 5.92 Å². The van der Waals surface area contributed by atoms with E-state index in [9.17, 15) is 0 Å². The number of thioether (sulfide) groups is 1. The molecule has 1 aliphatic rings. The molecule has 0 aliphatic carbocycles. The molecule has 1 fully saturated rings. The number of nitrogens with one attached hydrogen (secondary N) is 1. The zero-order valence-corrected chi connectivity index (χ0v) is 11.1. The summed E-state index contributed by atoms with van der Waals surface area (Å²) in [5.74, 6) is 2.07. The Bertz CT molecular complexity index is 160. The SMILES string of the molecule is CSCCC(C)NC(C)C1CCOCC1. The van der Waals surface area contributed by atoms with Gasteiger partial charge in [-0.2, -0.15) is 11.8 Å². The molecule has 1 aliphatic heterocycles. The monoisotopic (exact) mass is 231 g/mol. The summed E-state index contributed by atoms with van der Waals surface area (Å²) >= 11 is 1.93. The van der Waals surface area contributed by atoms with Gasteiger partial charge in [-0.25, -0.2) is 0 Å². The van der Waals surface area contributed by atoms with E-state index >= 15 is 0 Å². The molecule has 0 radical (unpaired) electrons. The number of hydrogen-bond acceptors (Lipinski definition) is 3. The highest BCUT2D eigenvalue weighted by molar-refractivity contribution is 7.98. The van der Waals surface area contributed by atoms with Gasteiger partial charge >= 0.3 is 0 Å². The summed E-state index contributed by atoms with van der Waals surface area (Å²) in [6.07, 6.45) is 5.90. The maximum Gasteiger partial charge on any atom is 0.0469 e. The molecule has 0 aromatic rings. The van der Waals surface area contributed by atoms with Crippen molar-refractivity contribution in [3.8, 4) is 0 Å². The molecule has 0 amide bonds. The van der Waals surface area contributed by atoms with Crippen LogP contribution in [-0.2, 0) is 4.74 Å². The molecular weight excluding hydrogens is 206 g/mol. The fourth-order valence-corrected chi connectivity index (χ4v) is 2.77. The molecule has 2 atom stereocenters. The Kier molecular flexibility index (Phi) is 6.69. The van der Waals surface area contributed by atoms with E-state index in [-0.39, 0.29) is 0 Å². The summed E-state index contributed by atoms with van der Waals surface area (Å²) in [6.45, 7) is 6.53. The molecular formula is C12H25NOS. The number of ether oxygens (including phenoxy) is 1. The molecule has 3 heteroatoms. The maximum atomic E-state index is 5.39. The van der Waals surface area contributed by atoms with Crippen molar-refractivity contribution in [2.45, 2.75) is 45.2 Å². The van der Waals surface area contributed by atoms with Gasteiger partial charge in [-0.05, 0) is 51.0 Å². The van der Waals surface area contributed by atoms with Crippen LogP contribution in [0.25, 0.3) is 0 Å². The quantitative estimate of drug-likeness (QED) is 0.759. The molecule has 2 nitrogen and oxygen atoms in total. The average molecular weight is 231 g/mol. The van der Waals surface area contributed by atoms with E-state index in [1.807, 2.05) is 11.8 Å². The van der Waals surface area contributed by atoms with Gasteiger partial charge in [0.25, 0.3) is 0 Å². The van der Waals surface area contributed by atoms with Crippen LogP contribution < -0.4 is 5.32 Å². The minimum atomic E-state index is 0.644. The molecule has 1 rings (SSSR count). The average Bonchev–Trinajstić information content (AvgIpc) is 2.27. The zero-order valence-electron chi connectivity index (χ0n) is 10.3. The van der Waals surface area contributed by atoms with E-state index in [1.54, 1.807) is 0 Å². The van der Waals surface area contributed by atoms with Crippen LogP contribution in [0.15, 0.2) is 0 Å². The fourth-order valence-electron chi connectivity index (χ4n) is 2.18. The van der Waals surface area contributed by atoms with Crippen LogP contribution in [-0.4, -0.2) is 37.3 Å². The molecule has 0 aromatic heterocycles. The first-order valence-electron chi connectivity index (χ1n) is 6.06. The van der Waals surface area contributed by atoms with Gasteiger partial charge in [-0.3, -0.25) is 0 Å². The lowest BCUT2D eigenvalue weighted by atomic mass is 9.92. The van der Waals surface area contributed by atoms with Gasteiger partial charge in [-0.15, -0.1) is 0 Å². The highest BCUT2D eigenvalue weighted by Gasteiger charge is 2.21. The van der Waals surface area contributed by atoms with E-state index < -0.39 is 0 Å². The van der Waals surface area contributed by atoms with Crippen LogP contribution >= 0.6 is 11.8 Å². The first-order valence-corrected chi connectivity index (χ1v) is 7.46. The number of hydrogen-bond donors (Lipinski definition) is 1. The maximum absolute atomic E-state index is 5.39. The second kappa shape index (κ2) is 7.53. The van der Waals surface area contributed by atoms with Gasteiger partial charge in [0, 0.05) is 25.3 Å². The van der Waals surface area contributed by atoms with Crippen LogP contribution in [0.4, 0.5) is 0 Å². The minimum absolute atomic E-state index is 0.644. The highest BCUT2D eigenvalue weighted by Crippen LogP contribution is 2.19. The third-order valence-electron chi connectivity index (χ3n) is 3.28. The van der Waals surface area contributed by atoms with Crippen LogP contribution in [0.2, 0.25) is 0 Å². The molecule has 1 N–H and O–H groups in total. The standard InChI is InChI=1S/C12H25NOS/c1-10(6-9-15-3)13-11(2)12-4-7-14-8-5-12/h10-13H,4-9H2,1-3H3. The Balaban J connectivity index is 2.17. The van der Waals surface area contributed by atoms with Gasteiger partial charge in [-0.1, -0.05) is 0 Å². The third kappa shape index (κ3) is 5.23.